The van der Waals surface area contributed by atoms with Gasteiger partial charge < -0.3 is 15.9 Å². The number of alkyl halides is 3. The predicted octanol–water partition coefficient (Wildman–Crippen LogP) is 1.66. The van der Waals surface area contributed by atoms with E-state index in [1.807, 2.05) is 0 Å². The summed E-state index contributed by atoms with van der Waals surface area (Å²) < 4.78 is 36.4. The van der Waals surface area contributed by atoms with Crippen LogP contribution in [-0.2, 0) is 0 Å². The van der Waals surface area contributed by atoms with Crippen LogP contribution in [0, 0.1) is 0 Å². The summed E-state index contributed by atoms with van der Waals surface area (Å²) in [5, 5.41) is 18.0. The molecule has 0 saturated heterocycles. The molecule has 1 rings (SSSR count). The smallest absolute Gasteiger partial charge is 0.407 e. The standard InChI is InChI=1S/C8H8F3NO2/c9-8(10,11)7(12)5-3-4(13)1-2-6(5)14/h1-3,7,13-14H,12H2. The van der Waals surface area contributed by atoms with Crippen LogP contribution < -0.4 is 5.73 Å². The molecule has 1 aromatic carbocycles. The van der Waals surface area contributed by atoms with Crippen molar-refractivity contribution >= 4 is 0 Å². The first-order valence-corrected chi connectivity index (χ1v) is 3.66. The molecule has 3 nitrogen and oxygen atoms in total. The van der Waals surface area contributed by atoms with Crippen molar-refractivity contribution in [3.8, 4) is 11.5 Å². The molecule has 6 heteroatoms. The minimum Gasteiger partial charge on any atom is -0.508 e. The van der Waals surface area contributed by atoms with Crippen LogP contribution >= 0.6 is 0 Å². The van der Waals surface area contributed by atoms with Crippen molar-refractivity contribution in [2.75, 3.05) is 0 Å². The Labute approximate surface area is 77.6 Å². The van der Waals surface area contributed by atoms with E-state index in [4.69, 9.17) is 15.9 Å². The zero-order valence-corrected chi connectivity index (χ0v) is 6.92. The first-order chi connectivity index (χ1) is 6.32. The van der Waals surface area contributed by atoms with Gasteiger partial charge in [0.15, 0.2) is 0 Å². The van der Waals surface area contributed by atoms with E-state index in [0.29, 0.717) is 0 Å². The Morgan fingerprint density at radius 1 is 1.21 bits per heavy atom. The van der Waals surface area contributed by atoms with Crippen LogP contribution in [0.2, 0.25) is 0 Å². The second kappa shape index (κ2) is 3.38. The van der Waals surface area contributed by atoms with E-state index < -0.39 is 23.5 Å². The monoisotopic (exact) mass is 207 g/mol. The zero-order valence-electron chi connectivity index (χ0n) is 6.92. The maximum atomic E-state index is 12.1. The van der Waals surface area contributed by atoms with Crippen molar-refractivity contribution < 1.29 is 23.4 Å². The highest BCUT2D eigenvalue weighted by molar-refractivity contribution is 5.41. The number of phenols is 2. The third kappa shape index (κ3) is 2.08. The molecular formula is C8H8F3NO2. The average Bonchev–Trinajstić information content (AvgIpc) is 2.06. The lowest BCUT2D eigenvalue weighted by atomic mass is 10.1. The number of benzene rings is 1. The third-order valence-electron chi connectivity index (χ3n) is 1.70. The number of aromatic hydroxyl groups is 2. The molecule has 0 aliphatic heterocycles. The van der Waals surface area contributed by atoms with Gasteiger partial charge >= 0.3 is 6.18 Å². The molecule has 0 aliphatic carbocycles. The Balaban J connectivity index is 3.12. The van der Waals surface area contributed by atoms with Gasteiger partial charge in [0, 0.05) is 5.56 Å². The van der Waals surface area contributed by atoms with Gasteiger partial charge in [-0.2, -0.15) is 13.2 Å². The summed E-state index contributed by atoms with van der Waals surface area (Å²) in [7, 11) is 0. The van der Waals surface area contributed by atoms with Gasteiger partial charge in [0.25, 0.3) is 0 Å². The quantitative estimate of drug-likeness (QED) is 0.613. The molecule has 0 radical (unpaired) electrons. The molecule has 1 unspecified atom stereocenters. The largest absolute Gasteiger partial charge is 0.508 e. The van der Waals surface area contributed by atoms with E-state index in [1.165, 1.54) is 0 Å². The van der Waals surface area contributed by atoms with E-state index in [0.717, 1.165) is 18.2 Å². The van der Waals surface area contributed by atoms with Crippen LogP contribution in [-0.4, -0.2) is 16.4 Å². The van der Waals surface area contributed by atoms with Gasteiger partial charge in [-0.3, -0.25) is 0 Å². The summed E-state index contributed by atoms with van der Waals surface area (Å²) in [5.74, 6) is -0.967. The van der Waals surface area contributed by atoms with Gasteiger partial charge in [-0.1, -0.05) is 0 Å². The molecule has 0 amide bonds. The van der Waals surface area contributed by atoms with Gasteiger partial charge in [0.2, 0.25) is 0 Å². The molecule has 0 spiro atoms. The molecule has 0 aliphatic rings. The SMILES string of the molecule is NC(c1cc(O)ccc1O)C(F)(F)F. The van der Waals surface area contributed by atoms with E-state index >= 15 is 0 Å². The fourth-order valence-corrected chi connectivity index (χ4v) is 0.967. The Kier molecular flexibility index (Phi) is 2.57. The molecule has 1 aromatic rings. The number of rotatable bonds is 1. The molecule has 1 atom stereocenters. The van der Waals surface area contributed by atoms with Crippen molar-refractivity contribution in [2.24, 2.45) is 5.73 Å². The maximum absolute atomic E-state index is 12.1. The Morgan fingerprint density at radius 3 is 2.29 bits per heavy atom. The summed E-state index contributed by atoms with van der Waals surface area (Å²) in [5.41, 5.74) is 4.30. The minimum absolute atomic E-state index is 0.377. The number of nitrogens with two attached hydrogens (primary N) is 1. The van der Waals surface area contributed by atoms with E-state index in [-0.39, 0.29) is 5.75 Å². The highest BCUT2D eigenvalue weighted by Gasteiger charge is 2.39. The summed E-state index contributed by atoms with van der Waals surface area (Å²) in [4.78, 5) is 0. The van der Waals surface area contributed by atoms with E-state index in [1.54, 1.807) is 0 Å². The molecule has 0 fully saturated rings. The van der Waals surface area contributed by atoms with Gasteiger partial charge in [-0.25, -0.2) is 0 Å². The molecule has 0 bridgehead atoms. The summed E-state index contributed by atoms with van der Waals surface area (Å²) >= 11 is 0. The van der Waals surface area contributed by atoms with Crippen LogP contribution in [0.5, 0.6) is 11.5 Å². The highest BCUT2D eigenvalue weighted by atomic mass is 19.4. The maximum Gasteiger partial charge on any atom is 0.407 e. The van der Waals surface area contributed by atoms with Crippen molar-refractivity contribution in [2.45, 2.75) is 12.2 Å². The lowest BCUT2D eigenvalue weighted by molar-refractivity contribution is -0.149. The molecule has 4 N–H and O–H groups in total. The van der Waals surface area contributed by atoms with E-state index in [9.17, 15) is 13.2 Å². The second-order valence-electron chi connectivity index (χ2n) is 2.76. The zero-order chi connectivity index (χ0) is 10.9. The van der Waals surface area contributed by atoms with Gasteiger partial charge in [0.1, 0.15) is 17.5 Å². The lowest BCUT2D eigenvalue weighted by Crippen LogP contribution is -2.28. The lowest BCUT2D eigenvalue weighted by Gasteiger charge is -2.16. The van der Waals surface area contributed by atoms with E-state index in [2.05, 4.69) is 0 Å². The normalized spacial score (nSPS) is 14.0. The fourth-order valence-electron chi connectivity index (χ4n) is 0.967. The molecule has 0 heterocycles. The first-order valence-electron chi connectivity index (χ1n) is 3.66. The topological polar surface area (TPSA) is 66.5 Å². The van der Waals surface area contributed by atoms with Crippen molar-refractivity contribution in [3.63, 3.8) is 0 Å². The Morgan fingerprint density at radius 2 is 1.79 bits per heavy atom. The van der Waals surface area contributed by atoms with Crippen LogP contribution in [0.25, 0.3) is 0 Å². The average molecular weight is 207 g/mol. The van der Waals surface area contributed by atoms with Crippen LogP contribution in [0.1, 0.15) is 11.6 Å². The molecule has 0 saturated carbocycles. The number of hydrogen-bond acceptors (Lipinski definition) is 3. The van der Waals surface area contributed by atoms with Gasteiger partial charge in [0.05, 0.1) is 0 Å². The number of hydrogen-bond donors (Lipinski definition) is 3. The predicted molar refractivity (Wildman–Crippen MR) is 42.8 cm³/mol. The molecular weight excluding hydrogens is 199 g/mol. The highest BCUT2D eigenvalue weighted by Crippen LogP contribution is 2.36. The summed E-state index contributed by atoms with van der Waals surface area (Å²) in [6, 6.07) is 0.515. The Bertz CT molecular complexity index is 338. The minimum atomic E-state index is -4.65. The van der Waals surface area contributed by atoms with Crippen LogP contribution in [0.15, 0.2) is 18.2 Å². The van der Waals surface area contributed by atoms with Crippen LogP contribution in [0.4, 0.5) is 13.2 Å². The van der Waals surface area contributed by atoms with Gasteiger partial charge in [-0.05, 0) is 18.2 Å². The van der Waals surface area contributed by atoms with Crippen molar-refractivity contribution in [3.05, 3.63) is 23.8 Å². The van der Waals surface area contributed by atoms with Crippen molar-refractivity contribution in [1.82, 2.24) is 0 Å². The third-order valence-corrected chi connectivity index (χ3v) is 1.70. The number of halogens is 3. The fraction of sp³-hybridized carbons (Fsp3) is 0.250. The Hall–Kier alpha value is -1.43. The molecule has 14 heavy (non-hydrogen) atoms. The summed E-state index contributed by atoms with van der Waals surface area (Å²) in [6.07, 6.45) is -4.65. The molecule has 0 aromatic heterocycles. The first kappa shape index (κ1) is 10.6. The van der Waals surface area contributed by atoms with Crippen molar-refractivity contribution in [1.29, 1.82) is 0 Å². The second-order valence-corrected chi connectivity index (χ2v) is 2.76. The van der Waals surface area contributed by atoms with Crippen LogP contribution in [0.3, 0.4) is 0 Å². The summed E-state index contributed by atoms with van der Waals surface area (Å²) in [6.45, 7) is 0. The molecule has 78 valence electrons. The van der Waals surface area contributed by atoms with Gasteiger partial charge in [-0.15, -0.1) is 0 Å². The number of phenolic OH excluding ortho intramolecular Hbond substituents is 2.